The van der Waals surface area contributed by atoms with Gasteiger partial charge in [-0.3, -0.25) is 19.4 Å². The van der Waals surface area contributed by atoms with Crippen LogP contribution in [-0.4, -0.2) is 74.2 Å². The van der Waals surface area contributed by atoms with Gasteiger partial charge in [0.25, 0.3) is 11.8 Å². The smallest absolute Gasteiger partial charge is 0.263 e. The summed E-state index contributed by atoms with van der Waals surface area (Å²) in [5.41, 5.74) is 4.36. The number of imide groups is 1. The molecule has 0 unspecified atom stereocenters. The molecule has 3 aliphatic heterocycles. The first-order valence-corrected chi connectivity index (χ1v) is 11.8. The monoisotopic (exact) mass is 449 g/mol. The van der Waals surface area contributed by atoms with Crippen molar-refractivity contribution in [3.8, 4) is 5.75 Å². The maximum absolute atomic E-state index is 13.3. The summed E-state index contributed by atoms with van der Waals surface area (Å²) < 4.78 is 11.0. The highest BCUT2D eigenvalue weighted by Gasteiger charge is 2.40. The fourth-order valence-corrected chi connectivity index (χ4v) is 5.18. The Hall–Kier alpha value is -2.90. The van der Waals surface area contributed by atoms with Crippen molar-refractivity contribution >= 4 is 17.5 Å². The van der Waals surface area contributed by atoms with Crippen LogP contribution in [-0.2, 0) is 11.3 Å². The molecule has 2 saturated heterocycles. The minimum atomic E-state index is -0.194. The third-order valence-corrected chi connectivity index (χ3v) is 6.97. The van der Waals surface area contributed by atoms with E-state index in [1.54, 1.807) is 13.2 Å². The van der Waals surface area contributed by atoms with E-state index < -0.39 is 0 Å². The van der Waals surface area contributed by atoms with Crippen LogP contribution in [0.25, 0.3) is 0 Å². The second-order valence-corrected chi connectivity index (χ2v) is 9.12. The summed E-state index contributed by atoms with van der Waals surface area (Å²) in [4.78, 5) is 32.3. The molecule has 0 aliphatic carbocycles. The quantitative estimate of drug-likeness (QED) is 0.632. The molecule has 0 spiro atoms. The predicted molar refractivity (Wildman–Crippen MR) is 126 cm³/mol. The Morgan fingerprint density at radius 2 is 1.88 bits per heavy atom. The number of nitrogens with zero attached hydrogens (tertiary/aromatic N) is 3. The Labute approximate surface area is 194 Å². The number of methoxy groups -OCH3 is 1. The molecule has 7 heteroatoms. The molecule has 7 nitrogen and oxygen atoms in total. The summed E-state index contributed by atoms with van der Waals surface area (Å²) in [6, 6.07) is 12.0. The van der Waals surface area contributed by atoms with Gasteiger partial charge < -0.3 is 14.4 Å². The summed E-state index contributed by atoms with van der Waals surface area (Å²) >= 11 is 0. The van der Waals surface area contributed by atoms with E-state index in [1.165, 1.54) is 10.5 Å². The zero-order valence-electron chi connectivity index (χ0n) is 19.4. The predicted octanol–water partition coefficient (Wildman–Crippen LogP) is 3.10. The van der Waals surface area contributed by atoms with Crippen molar-refractivity contribution in [3.63, 3.8) is 0 Å². The standard InChI is InChI=1S/C26H31N3O4/c1-18-15-19(8-9-23(18)32-2)16-27-10-12-28(13-11-27)22-7-3-6-21-24(22)26(31)29(25(21)30)17-20-5-4-14-33-20/h3,6-9,15,20H,4-5,10-14,16-17H2,1-2H3/t20-/m0/s1. The highest BCUT2D eigenvalue weighted by molar-refractivity contribution is 6.23. The van der Waals surface area contributed by atoms with Crippen molar-refractivity contribution < 1.29 is 19.1 Å². The van der Waals surface area contributed by atoms with Crippen LogP contribution in [0.1, 0.15) is 44.7 Å². The Balaban J connectivity index is 1.26. The molecule has 2 aromatic carbocycles. The number of aryl methyl sites for hydroxylation is 1. The van der Waals surface area contributed by atoms with Gasteiger partial charge in [-0.25, -0.2) is 0 Å². The number of amides is 2. The number of ether oxygens (including phenoxy) is 2. The minimum absolute atomic E-state index is 0.0409. The van der Waals surface area contributed by atoms with Gasteiger partial charge in [0.1, 0.15) is 5.75 Å². The summed E-state index contributed by atoms with van der Waals surface area (Å²) in [6.45, 7) is 7.44. The minimum Gasteiger partial charge on any atom is -0.496 e. The number of hydrogen-bond acceptors (Lipinski definition) is 6. The van der Waals surface area contributed by atoms with Crippen LogP contribution in [0.2, 0.25) is 0 Å². The van der Waals surface area contributed by atoms with E-state index in [1.807, 2.05) is 18.2 Å². The van der Waals surface area contributed by atoms with Crippen molar-refractivity contribution in [3.05, 3.63) is 58.7 Å². The zero-order chi connectivity index (χ0) is 22.9. The van der Waals surface area contributed by atoms with Crippen molar-refractivity contribution in [1.82, 2.24) is 9.80 Å². The number of benzene rings is 2. The third kappa shape index (κ3) is 4.23. The van der Waals surface area contributed by atoms with Crippen molar-refractivity contribution in [2.45, 2.75) is 32.4 Å². The molecule has 0 aromatic heterocycles. The average molecular weight is 450 g/mol. The van der Waals surface area contributed by atoms with E-state index in [4.69, 9.17) is 9.47 Å². The molecule has 0 saturated carbocycles. The molecule has 2 fully saturated rings. The number of carbonyl (C=O) groups excluding carboxylic acids is 2. The highest BCUT2D eigenvalue weighted by Crippen LogP contribution is 2.33. The maximum Gasteiger partial charge on any atom is 0.263 e. The lowest BCUT2D eigenvalue weighted by atomic mass is 10.1. The van der Waals surface area contributed by atoms with Gasteiger partial charge in [-0.15, -0.1) is 0 Å². The van der Waals surface area contributed by atoms with E-state index in [9.17, 15) is 9.59 Å². The Morgan fingerprint density at radius 1 is 1.06 bits per heavy atom. The van der Waals surface area contributed by atoms with Crippen LogP contribution in [0.15, 0.2) is 36.4 Å². The molecule has 3 heterocycles. The molecular weight excluding hydrogens is 418 g/mol. The Bertz CT molecular complexity index is 1060. The van der Waals surface area contributed by atoms with Gasteiger partial charge in [0.15, 0.2) is 0 Å². The summed E-state index contributed by atoms with van der Waals surface area (Å²) in [7, 11) is 1.70. The number of rotatable bonds is 6. The number of carbonyl (C=O) groups is 2. The average Bonchev–Trinajstić information content (AvgIpc) is 3.43. The SMILES string of the molecule is COc1ccc(CN2CCN(c3cccc4c3C(=O)N(C[C@@H]3CCCO3)C4=O)CC2)cc1C. The van der Waals surface area contributed by atoms with Crippen LogP contribution in [0, 0.1) is 6.92 Å². The normalized spacial score (nSPS) is 21.1. The van der Waals surface area contributed by atoms with Gasteiger partial charge in [0.2, 0.25) is 0 Å². The Kier molecular flexibility index (Phi) is 6.08. The van der Waals surface area contributed by atoms with E-state index in [-0.39, 0.29) is 17.9 Å². The van der Waals surface area contributed by atoms with Gasteiger partial charge >= 0.3 is 0 Å². The molecule has 0 N–H and O–H groups in total. The number of anilines is 1. The molecule has 5 rings (SSSR count). The lowest BCUT2D eigenvalue weighted by Crippen LogP contribution is -2.46. The van der Waals surface area contributed by atoms with Crippen LogP contribution in [0.5, 0.6) is 5.75 Å². The molecule has 174 valence electrons. The zero-order valence-corrected chi connectivity index (χ0v) is 19.4. The first-order chi connectivity index (χ1) is 16.0. The topological polar surface area (TPSA) is 62.3 Å². The van der Waals surface area contributed by atoms with E-state index >= 15 is 0 Å². The Morgan fingerprint density at radius 3 is 2.58 bits per heavy atom. The molecular formula is C26H31N3O4. The second kappa shape index (κ2) is 9.15. The number of fused-ring (bicyclic) bond motifs is 1. The summed E-state index contributed by atoms with van der Waals surface area (Å²) in [5.74, 6) is 0.535. The molecule has 2 aromatic rings. The fourth-order valence-electron chi connectivity index (χ4n) is 5.18. The molecule has 1 atom stereocenters. The number of piperazine rings is 1. The summed E-state index contributed by atoms with van der Waals surface area (Å²) in [5, 5.41) is 0. The lowest BCUT2D eigenvalue weighted by molar-refractivity contribution is 0.0475. The van der Waals surface area contributed by atoms with Crippen LogP contribution in [0.3, 0.4) is 0 Å². The molecule has 0 radical (unpaired) electrons. The van der Waals surface area contributed by atoms with E-state index in [2.05, 4.69) is 28.9 Å². The van der Waals surface area contributed by atoms with Crippen LogP contribution >= 0.6 is 0 Å². The van der Waals surface area contributed by atoms with Gasteiger partial charge in [0, 0.05) is 39.3 Å². The second-order valence-electron chi connectivity index (χ2n) is 9.12. The largest absolute Gasteiger partial charge is 0.496 e. The van der Waals surface area contributed by atoms with Crippen LogP contribution in [0.4, 0.5) is 5.69 Å². The molecule has 0 bridgehead atoms. The maximum atomic E-state index is 13.3. The lowest BCUT2D eigenvalue weighted by Gasteiger charge is -2.36. The molecule has 2 amide bonds. The fraction of sp³-hybridized carbons (Fsp3) is 0.462. The van der Waals surface area contributed by atoms with Gasteiger partial charge in [-0.1, -0.05) is 18.2 Å². The van der Waals surface area contributed by atoms with Gasteiger partial charge in [-0.05, 0) is 49.1 Å². The van der Waals surface area contributed by atoms with Gasteiger partial charge in [-0.2, -0.15) is 0 Å². The van der Waals surface area contributed by atoms with E-state index in [0.717, 1.165) is 62.6 Å². The van der Waals surface area contributed by atoms with E-state index in [0.29, 0.717) is 24.3 Å². The molecule has 33 heavy (non-hydrogen) atoms. The van der Waals surface area contributed by atoms with Crippen molar-refractivity contribution in [1.29, 1.82) is 0 Å². The third-order valence-electron chi connectivity index (χ3n) is 6.97. The molecule has 3 aliphatic rings. The number of hydrogen-bond donors (Lipinski definition) is 0. The van der Waals surface area contributed by atoms with Crippen molar-refractivity contribution in [2.24, 2.45) is 0 Å². The van der Waals surface area contributed by atoms with Crippen LogP contribution < -0.4 is 9.64 Å². The highest BCUT2D eigenvalue weighted by atomic mass is 16.5. The first kappa shape index (κ1) is 21.9. The summed E-state index contributed by atoms with van der Waals surface area (Å²) in [6.07, 6.45) is 1.84. The van der Waals surface area contributed by atoms with Crippen molar-refractivity contribution in [2.75, 3.05) is 51.3 Å². The van der Waals surface area contributed by atoms with Gasteiger partial charge in [0.05, 0.1) is 36.6 Å². The first-order valence-electron chi connectivity index (χ1n) is 11.8.